The largest absolute Gasteiger partial charge is 0.497 e. The Kier molecular flexibility index (Phi) is 6.71. The summed E-state index contributed by atoms with van der Waals surface area (Å²) in [6.07, 6.45) is 3.60. The highest BCUT2D eigenvalue weighted by molar-refractivity contribution is 5.74. The van der Waals surface area contributed by atoms with Gasteiger partial charge in [0.15, 0.2) is 0 Å². The molecular weight excluding hydrogens is 354 g/mol. The first-order valence-corrected chi connectivity index (χ1v) is 9.56. The second-order valence-corrected chi connectivity index (χ2v) is 7.12. The average molecular weight is 383 g/mol. The maximum Gasteiger partial charge on any atom is 0.317 e. The lowest BCUT2D eigenvalue weighted by atomic mass is 10.1. The van der Waals surface area contributed by atoms with Gasteiger partial charge in [0.1, 0.15) is 5.75 Å². The van der Waals surface area contributed by atoms with Crippen LogP contribution in [0.5, 0.6) is 5.75 Å². The summed E-state index contributed by atoms with van der Waals surface area (Å²) in [5.41, 5.74) is 2.27. The maximum absolute atomic E-state index is 12.7. The summed E-state index contributed by atoms with van der Waals surface area (Å²) in [6.45, 7) is 3.61. The van der Waals surface area contributed by atoms with Crippen LogP contribution in [-0.4, -0.2) is 74.7 Å². The first-order chi connectivity index (χ1) is 13.6. The van der Waals surface area contributed by atoms with Crippen molar-refractivity contribution in [3.8, 4) is 5.75 Å². The minimum absolute atomic E-state index is 0.0101. The summed E-state index contributed by atoms with van der Waals surface area (Å²) >= 11 is 0. The van der Waals surface area contributed by atoms with Crippen LogP contribution in [0.1, 0.15) is 11.6 Å². The molecule has 1 fully saturated rings. The highest BCUT2D eigenvalue weighted by Gasteiger charge is 2.23. The van der Waals surface area contributed by atoms with Gasteiger partial charge in [-0.2, -0.15) is 0 Å². The van der Waals surface area contributed by atoms with Crippen molar-refractivity contribution in [3.05, 3.63) is 54.4 Å². The average Bonchev–Trinajstić information content (AvgIpc) is 2.74. The number of aromatic nitrogens is 1. The zero-order valence-electron chi connectivity index (χ0n) is 16.8. The first kappa shape index (κ1) is 19.9. The van der Waals surface area contributed by atoms with Gasteiger partial charge in [0.2, 0.25) is 0 Å². The van der Waals surface area contributed by atoms with Crippen molar-refractivity contribution in [3.63, 3.8) is 0 Å². The number of piperazine rings is 1. The van der Waals surface area contributed by atoms with Gasteiger partial charge in [0.25, 0.3) is 0 Å². The fraction of sp³-hybridized carbons (Fsp3) is 0.429. The van der Waals surface area contributed by atoms with Gasteiger partial charge in [-0.3, -0.25) is 4.98 Å². The van der Waals surface area contributed by atoms with Crippen LogP contribution in [0.15, 0.2) is 48.8 Å². The quantitative estimate of drug-likeness (QED) is 0.829. The number of urea groups is 1. The van der Waals surface area contributed by atoms with E-state index in [4.69, 9.17) is 4.74 Å². The number of rotatable bonds is 6. The monoisotopic (exact) mass is 383 g/mol. The number of pyridine rings is 1. The molecule has 1 aliphatic heterocycles. The fourth-order valence-electron chi connectivity index (χ4n) is 3.47. The van der Waals surface area contributed by atoms with E-state index in [1.54, 1.807) is 19.5 Å². The van der Waals surface area contributed by atoms with Gasteiger partial charge in [-0.25, -0.2) is 4.79 Å². The van der Waals surface area contributed by atoms with Crippen molar-refractivity contribution in [2.24, 2.45) is 0 Å². The van der Waals surface area contributed by atoms with Crippen LogP contribution in [0.3, 0.4) is 0 Å². The van der Waals surface area contributed by atoms with Crippen LogP contribution in [0, 0.1) is 0 Å². The smallest absolute Gasteiger partial charge is 0.317 e. The van der Waals surface area contributed by atoms with E-state index in [1.807, 2.05) is 49.3 Å². The van der Waals surface area contributed by atoms with Crippen LogP contribution >= 0.6 is 0 Å². The molecule has 1 aliphatic rings. The molecule has 1 aromatic heterocycles. The molecule has 2 amide bonds. The van der Waals surface area contributed by atoms with E-state index in [0.717, 1.165) is 30.1 Å². The Bertz CT molecular complexity index is 760. The molecule has 1 aromatic carbocycles. The van der Waals surface area contributed by atoms with Crippen molar-refractivity contribution in [1.29, 1.82) is 0 Å². The molecule has 150 valence electrons. The number of amides is 2. The zero-order chi connectivity index (χ0) is 19.9. The predicted molar refractivity (Wildman–Crippen MR) is 111 cm³/mol. The Morgan fingerprint density at radius 2 is 1.89 bits per heavy atom. The van der Waals surface area contributed by atoms with Crippen molar-refractivity contribution < 1.29 is 9.53 Å². The standard InChI is InChI=1S/C21H29N5O2/c1-24(2)20(17-5-4-6-19(15-17)28-3)16-23-21(27)26-13-11-25(12-14-26)18-7-9-22-10-8-18/h4-10,15,20H,11-14,16H2,1-3H3,(H,23,27). The van der Waals surface area contributed by atoms with Gasteiger partial charge in [-0.15, -0.1) is 0 Å². The third-order valence-corrected chi connectivity index (χ3v) is 5.14. The number of hydrogen-bond donors (Lipinski definition) is 1. The van der Waals surface area contributed by atoms with Crippen LogP contribution in [0.25, 0.3) is 0 Å². The molecule has 2 heterocycles. The Hall–Kier alpha value is -2.80. The highest BCUT2D eigenvalue weighted by atomic mass is 16.5. The van der Waals surface area contributed by atoms with E-state index in [9.17, 15) is 4.79 Å². The second-order valence-electron chi connectivity index (χ2n) is 7.12. The number of carbonyl (C=O) groups is 1. The van der Waals surface area contributed by atoms with Crippen molar-refractivity contribution >= 4 is 11.7 Å². The van der Waals surface area contributed by atoms with Crippen LogP contribution in [-0.2, 0) is 0 Å². The molecule has 3 rings (SSSR count). The molecular formula is C21H29N5O2. The van der Waals surface area contributed by atoms with Gasteiger partial charge in [-0.05, 0) is 43.9 Å². The molecule has 28 heavy (non-hydrogen) atoms. The molecule has 0 aliphatic carbocycles. The molecule has 7 nitrogen and oxygen atoms in total. The summed E-state index contributed by atoms with van der Waals surface area (Å²) in [6, 6.07) is 12.1. The number of benzene rings is 1. The number of nitrogens with zero attached hydrogens (tertiary/aromatic N) is 4. The Morgan fingerprint density at radius 1 is 1.18 bits per heavy atom. The number of carbonyl (C=O) groups excluding carboxylic acids is 1. The Balaban J connectivity index is 1.54. The van der Waals surface area contributed by atoms with Gasteiger partial charge < -0.3 is 24.8 Å². The topological polar surface area (TPSA) is 60.9 Å². The number of anilines is 1. The SMILES string of the molecule is COc1cccc(C(CNC(=O)N2CCN(c3ccncc3)CC2)N(C)C)c1. The normalized spacial score (nSPS) is 15.4. The summed E-state index contributed by atoms with van der Waals surface area (Å²) in [5.74, 6) is 0.822. The predicted octanol–water partition coefficient (Wildman–Crippen LogP) is 2.22. The van der Waals surface area contributed by atoms with Crippen LogP contribution in [0.4, 0.5) is 10.5 Å². The van der Waals surface area contributed by atoms with Crippen LogP contribution < -0.4 is 15.0 Å². The number of methoxy groups -OCH3 is 1. The summed E-state index contributed by atoms with van der Waals surface area (Å²) < 4.78 is 5.33. The van der Waals surface area contributed by atoms with Crippen molar-refractivity contribution in [2.45, 2.75) is 6.04 Å². The fourth-order valence-corrected chi connectivity index (χ4v) is 3.47. The van der Waals surface area contributed by atoms with E-state index >= 15 is 0 Å². The second kappa shape index (κ2) is 9.41. The lowest BCUT2D eigenvalue weighted by Crippen LogP contribution is -2.52. The van der Waals surface area contributed by atoms with Crippen molar-refractivity contribution in [1.82, 2.24) is 20.1 Å². The number of ether oxygens (including phenoxy) is 1. The molecule has 1 N–H and O–H groups in total. The molecule has 1 unspecified atom stereocenters. The van der Waals surface area contributed by atoms with E-state index in [2.05, 4.69) is 26.2 Å². The summed E-state index contributed by atoms with van der Waals surface area (Å²) in [7, 11) is 5.70. The molecule has 0 saturated carbocycles. The van der Waals surface area contributed by atoms with Gasteiger partial charge in [-0.1, -0.05) is 12.1 Å². The number of likely N-dealkylation sites (N-methyl/N-ethyl adjacent to an activating group) is 1. The molecule has 0 spiro atoms. The molecule has 2 aromatic rings. The molecule has 1 atom stereocenters. The summed E-state index contributed by atoms with van der Waals surface area (Å²) in [5, 5.41) is 3.10. The lowest BCUT2D eigenvalue weighted by molar-refractivity contribution is 0.189. The minimum atomic E-state index is -0.0101. The molecule has 0 bridgehead atoms. The van der Waals surface area contributed by atoms with E-state index in [-0.39, 0.29) is 12.1 Å². The molecule has 7 heteroatoms. The van der Waals surface area contributed by atoms with Crippen LogP contribution in [0.2, 0.25) is 0 Å². The van der Waals surface area contributed by atoms with E-state index in [1.165, 1.54) is 0 Å². The zero-order valence-corrected chi connectivity index (χ0v) is 16.8. The minimum Gasteiger partial charge on any atom is -0.497 e. The Labute approximate surface area is 166 Å². The van der Waals surface area contributed by atoms with E-state index < -0.39 is 0 Å². The highest BCUT2D eigenvalue weighted by Crippen LogP contribution is 2.22. The Morgan fingerprint density at radius 3 is 2.54 bits per heavy atom. The first-order valence-electron chi connectivity index (χ1n) is 9.56. The van der Waals surface area contributed by atoms with Gasteiger partial charge in [0, 0.05) is 50.8 Å². The number of nitrogens with one attached hydrogen (secondary N) is 1. The van der Waals surface area contributed by atoms with Gasteiger partial charge >= 0.3 is 6.03 Å². The third-order valence-electron chi connectivity index (χ3n) is 5.14. The maximum atomic E-state index is 12.7. The lowest BCUT2D eigenvalue weighted by Gasteiger charge is -2.36. The van der Waals surface area contributed by atoms with Crippen molar-refractivity contribution in [2.75, 3.05) is 58.8 Å². The van der Waals surface area contributed by atoms with Gasteiger partial charge in [0.05, 0.1) is 13.2 Å². The van der Waals surface area contributed by atoms with E-state index in [0.29, 0.717) is 19.6 Å². The third kappa shape index (κ3) is 4.92. The summed E-state index contributed by atoms with van der Waals surface area (Å²) in [4.78, 5) is 23.0. The molecule has 1 saturated heterocycles. The molecule has 0 radical (unpaired) electrons. The number of hydrogen-bond acceptors (Lipinski definition) is 5.